The standard InChI is InChI=1S/C28H44N2O5S/c1-4-5-6-7-8-9-10-11-12-13-17-20-36-22-25(27(32)34-3)30-26(31)23(2)29-28(33)35-21-24-18-15-14-16-19-24/h13-19,23,25H,4-12,20-22H2,1-3H3,(H,29,33)(H,30,31)/b17-13+/t23-,25-/m0/s1. The van der Waals surface area contributed by atoms with E-state index in [-0.39, 0.29) is 6.61 Å². The number of unbranched alkanes of at least 4 members (excludes halogenated alkanes) is 8. The molecule has 0 spiro atoms. The zero-order valence-electron chi connectivity index (χ0n) is 22.1. The zero-order valence-corrected chi connectivity index (χ0v) is 22.9. The van der Waals surface area contributed by atoms with E-state index in [1.54, 1.807) is 11.8 Å². The van der Waals surface area contributed by atoms with Crippen molar-refractivity contribution in [1.82, 2.24) is 10.6 Å². The van der Waals surface area contributed by atoms with Crippen molar-refractivity contribution in [3.63, 3.8) is 0 Å². The molecule has 1 aromatic rings. The lowest BCUT2D eigenvalue weighted by molar-refractivity contribution is -0.144. The lowest BCUT2D eigenvalue weighted by atomic mass is 10.1. The van der Waals surface area contributed by atoms with Gasteiger partial charge in [0, 0.05) is 11.5 Å². The molecule has 8 heteroatoms. The molecule has 1 aromatic carbocycles. The number of nitrogens with one attached hydrogen (secondary N) is 2. The first kappa shape index (κ1) is 31.5. The van der Waals surface area contributed by atoms with Crippen LogP contribution in [0.2, 0.25) is 0 Å². The number of amides is 2. The molecule has 1 rings (SSSR count). The summed E-state index contributed by atoms with van der Waals surface area (Å²) in [5.41, 5.74) is 0.847. The number of allylic oxidation sites excluding steroid dienone is 1. The van der Waals surface area contributed by atoms with Gasteiger partial charge in [0.15, 0.2) is 0 Å². The Labute approximate surface area is 221 Å². The summed E-state index contributed by atoms with van der Waals surface area (Å²) < 4.78 is 9.97. The van der Waals surface area contributed by atoms with E-state index in [1.807, 2.05) is 30.3 Å². The second-order valence-corrected chi connectivity index (χ2v) is 9.86. The average Bonchev–Trinajstić information content (AvgIpc) is 2.89. The lowest BCUT2D eigenvalue weighted by Gasteiger charge is -2.19. The molecule has 0 aliphatic rings. The highest BCUT2D eigenvalue weighted by atomic mass is 32.2. The molecule has 0 fully saturated rings. The second kappa shape index (κ2) is 20.7. The summed E-state index contributed by atoms with van der Waals surface area (Å²) in [6.45, 7) is 3.88. The van der Waals surface area contributed by atoms with Crippen LogP contribution in [0, 0.1) is 0 Å². The Bertz CT molecular complexity index is 772. The van der Waals surface area contributed by atoms with Crippen LogP contribution in [0.1, 0.15) is 77.2 Å². The molecular formula is C28H44N2O5S. The average molecular weight is 521 g/mol. The molecule has 36 heavy (non-hydrogen) atoms. The van der Waals surface area contributed by atoms with Gasteiger partial charge in [0.2, 0.25) is 5.91 Å². The molecule has 2 amide bonds. The zero-order chi connectivity index (χ0) is 26.4. The van der Waals surface area contributed by atoms with Crippen LogP contribution in [-0.4, -0.2) is 48.7 Å². The molecule has 2 N–H and O–H groups in total. The van der Waals surface area contributed by atoms with Gasteiger partial charge < -0.3 is 20.1 Å². The monoisotopic (exact) mass is 520 g/mol. The first-order valence-electron chi connectivity index (χ1n) is 13.1. The van der Waals surface area contributed by atoms with Gasteiger partial charge >= 0.3 is 12.1 Å². The SMILES string of the molecule is CCCCCCCCCC/C=C/CSC[C@H](NC(=O)[C@H](C)NC(=O)OCc1ccccc1)C(=O)OC. The van der Waals surface area contributed by atoms with Crippen LogP contribution in [0.25, 0.3) is 0 Å². The Morgan fingerprint density at radius 3 is 2.28 bits per heavy atom. The molecule has 0 saturated heterocycles. The first-order valence-corrected chi connectivity index (χ1v) is 14.2. The Morgan fingerprint density at radius 2 is 1.61 bits per heavy atom. The fraction of sp³-hybridized carbons (Fsp3) is 0.607. The summed E-state index contributed by atoms with van der Waals surface area (Å²) in [7, 11) is 1.29. The maximum Gasteiger partial charge on any atom is 0.408 e. The van der Waals surface area contributed by atoms with E-state index < -0.39 is 30.1 Å². The lowest BCUT2D eigenvalue weighted by Crippen LogP contribution is -2.51. The molecular weight excluding hydrogens is 476 g/mol. The van der Waals surface area contributed by atoms with Crippen molar-refractivity contribution < 1.29 is 23.9 Å². The number of carbonyl (C=O) groups is 3. The summed E-state index contributed by atoms with van der Waals surface area (Å²) in [6.07, 6.45) is 15.1. The third-order valence-corrected chi connectivity index (χ3v) is 6.63. The highest BCUT2D eigenvalue weighted by Gasteiger charge is 2.25. The number of alkyl carbamates (subject to hydrolysis) is 1. The molecule has 0 radical (unpaired) electrons. The maximum atomic E-state index is 12.5. The predicted molar refractivity (Wildman–Crippen MR) is 147 cm³/mol. The van der Waals surface area contributed by atoms with Crippen LogP contribution in [0.15, 0.2) is 42.5 Å². The minimum absolute atomic E-state index is 0.106. The number of esters is 1. The van der Waals surface area contributed by atoms with Crippen LogP contribution in [0.4, 0.5) is 4.79 Å². The van der Waals surface area contributed by atoms with Gasteiger partial charge in [-0.2, -0.15) is 11.8 Å². The van der Waals surface area contributed by atoms with Crippen LogP contribution in [-0.2, 0) is 25.7 Å². The van der Waals surface area contributed by atoms with E-state index in [2.05, 4.69) is 29.7 Å². The van der Waals surface area contributed by atoms with Gasteiger partial charge in [-0.05, 0) is 25.3 Å². The quantitative estimate of drug-likeness (QED) is 0.136. The van der Waals surface area contributed by atoms with Crippen molar-refractivity contribution in [2.75, 3.05) is 18.6 Å². The number of hydrogen-bond acceptors (Lipinski definition) is 6. The van der Waals surface area contributed by atoms with Gasteiger partial charge in [0.05, 0.1) is 7.11 Å². The number of thioether (sulfide) groups is 1. The van der Waals surface area contributed by atoms with Crippen molar-refractivity contribution in [2.45, 2.75) is 90.3 Å². The number of carbonyl (C=O) groups excluding carboxylic acids is 3. The maximum absolute atomic E-state index is 12.5. The second-order valence-electron chi connectivity index (χ2n) is 8.78. The molecule has 0 heterocycles. The van der Waals surface area contributed by atoms with Gasteiger partial charge in [0.25, 0.3) is 0 Å². The highest BCUT2D eigenvalue weighted by molar-refractivity contribution is 7.99. The topological polar surface area (TPSA) is 93.7 Å². The van der Waals surface area contributed by atoms with Crippen molar-refractivity contribution in [1.29, 1.82) is 0 Å². The summed E-state index contributed by atoms with van der Waals surface area (Å²) in [6, 6.07) is 7.60. The third-order valence-electron chi connectivity index (χ3n) is 5.63. The van der Waals surface area contributed by atoms with E-state index >= 15 is 0 Å². The van der Waals surface area contributed by atoms with Crippen LogP contribution in [0.3, 0.4) is 0 Å². The Hall–Kier alpha value is -2.48. The van der Waals surface area contributed by atoms with Crippen LogP contribution < -0.4 is 10.6 Å². The van der Waals surface area contributed by atoms with Crippen molar-refractivity contribution >= 4 is 29.7 Å². The molecule has 0 aliphatic heterocycles. The van der Waals surface area contributed by atoms with Gasteiger partial charge in [-0.15, -0.1) is 0 Å². The highest BCUT2D eigenvalue weighted by Crippen LogP contribution is 2.11. The summed E-state index contributed by atoms with van der Waals surface area (Å²) >= 11 is 1.54. The summed E-state index contributed by atoms with van der Waals surface area (Å²) in [5, 5.41) is 5.15. The van der Waals surface area contributed by atoms with Crippen molar-refractivity contribution in [2.24, 2.45) is 0 Å². The third kappa shape index (κ3) is 15.5. The number of ether oxygens (including phenoxy) is 2. The Balaban J connectivity index is 2.25. The Morgan fingerprint density at radius 1 is 0.944 bits per heavy atom. The molecule has 0 aliphatic carbocycles. The van der Waals surface area contributed by atoms with E-state index in [9.17, 15) is 14.4 Å². The molecule has 202 valence electrons. The number of benzene rings is 1. The van der Waals surface area contributed by atoms with Crippen LogP contribution >= 0.6 is 11.8 Å². The van der Waals surface area contributed by atoms with Crippen molar-refractivity contribution in [3.05, 3.63) is 48.0 Å². The van der Waals surface area contributed by atoms with Gasteiger partial charge in [-0.1, -0.05) is 94.4 Å². The van der Waals surface area contributed by atoms with Gasteiger partial charge in [-0.3, -0.25) is 4.79 Å². The smallest absolute Gasteiger partial charge is 0.408 e. The fourth-order valence-corrected chi connectivity index (χ4v) is 4.31. The minimum atomic E-state index is -0.864. The molecule has 0 unspecified atom stereocenters. The Kier molecular flexibility index (Phi) is 18.1. The molecule has 0 aromatic heterocycles. The summed E-state index contributed by atoms with van der Waals surface area (Å²) in [5.74, 6) is 0.136. The van der Waals surface area contributed by atoms with Gasteiger partial charge in [-0.25, -0.2) is 9.59 Å². The molecule has 7 nitrogen and oxygen atoms in total. The number of methoxy groups -OCH3 is 1. The minimum Gasteiger partial charge on any atom is -0.467 e. The normalized spacial score (nSPS) is 12.6. The molecule has 0 saturated carbocycles. The fourth-order valence-electron chi connectivity index (χ4n) is 3.45. The molecule has 0 bridgehead atoms. The van der Waals surface area contributed by atoms with E-state index in [0.29, 0.717) is 5.75 Å². The summed E-state index contributed by atoms with van der Waals surface area (Å²) in [4.78, 5) is 36.6. The van der Waals surface area contributed by atoms with Crippen LogP contribution in [0.5, 0.6) is 0 Å². The number of rotatable bonds is 19. The largest absolute Gasteiger partial charge is 0.467 e. The van der Waals surface area contributed by atoms with E-state index in [0.717, 1.165) is 17.7 Å². The van der Waals surface area contributed by atoms with Crippen molar-refractivity contribution in [3.8, 4) is 0 Å². The van der Waals surface area contributed by atoms with E-state index in [4.69, 9.17) is 9.47 Å². The van der Waals surface area contributed by atoms with Gasteiger partial charge in [0.1, 0.15) is 18.7 Å². The predicted octanol–water partition coefficient (Wildman–Crippen LogP) is 5.78. The number of hydrogen-bond donors (Lipinski definition) is 2. The molecule has 2 atom stereocenters. The van der Waals surface area contributed by atoms with E-state index in [1.165, 1.54) is 65.4 Å². The first-order chi connectivity index (χ1) is 17.5.